The first-order chi connectivity index (χ1) is 5.65. The number of Topliss-reactive ketones (excluding diaryl/α,β-unsaturated/α-hetero) is 1. The molecule has 1 rings (SSSR count). The molecule has 12 heavy (non-hydrogen) atoms. The highest BCUT2D eigenvalue weighted by Gasteiger charge is 2.07. The maximum absolute atomic E-state index is 11.0. The van der Waals surface area contributed by atoms with Crippen LogP contribution in [0, 0.1) is 18.3 Å². The van der Waals surface area contributed by atoms with E-state index in [1.807, 2.05) is 6.07 Å². The van der Waals surface area contributed by atoms with Crippen molar-refractivity contribution in [1.29, 1.82) is 5.26 Å². The van der Waals surface area contributed by atoms with E-state index in [0.717, 1.165) is 10.0 Å². The van der Waals surface area contributed by atoms with Crippen molar-refractivity contribution in [1.82, 2.24) is 0 Å². The van der Waals surface area contributed by atoms with Gasteiger partial charge in [0.1, 0.15) is 6.07 Å². The second-order valence-electron chi connectivity index (χ2n) is 2.40. The van der Waals surface area contributed by atoms with Crippen LogP contribution in [0.15, 0.2) is 22.7 Å². The van der Waals surface area contributed by atoms with Crippen molar-refractivity contribution in [2.45, 2.75) is 6.92 Å². The molecule has 0 aliphatic rings. The molecule has 0 atom stereocenters. The Labute approximate surface area is 78.9 Å². The molecule has 0 heterocycles. The number of halogens is 1. The molecule has 0 unspecified atom stereocenters. The van der Waals surface area contributed by atoms with Crippen LogP contribution in [0.5, 0.6) is 0 Å². The predicted molar refractivity (Wildman–Crippen MR) is 48.8 cm³/mol. The Morgan fingerprint density at radius 2 is 2.25 bits per heavy atom. The molecule has 1 aromatic carbocycles. The SMILES string of the molecule is Cc1ccc(Br)cc1C(=O)C#N. The van der Waals surface area contributed by atoms with Gasteiger partial charge in [-0.05, 0) is 24.6 Å². The van der Waals surface area contributed by atoms with Crippen LogP contribution in [0.2, 0.25) is 0 Å². The summed E-state index contributed by atoms with van der Waals surface area (Å²) in [5.41, 5.74) is 1.29. The summed E-state index contributed by atoms with van der Waals surface area (Å²) in [5.74, 6) is -0.492. The van der Waals surface area contributed by atoms with Gasteiger partial charge < -0.3 is 0 Å². The minimum atomic E-state index is -0.492. The molecular formula is C9H6BrNO. The van der Waals surface area contributed by atoms with E-state index >= 15 is 0 Å². The molecular weight excluding hydrogens is 218 g/mol. The molecule has 0 bridgehead atoms. The average molecular weight is 224 g/mol. The molecule has 0 amide bonds. The number of aryl methyl sites for hydroxylation is 1. The lowest BCUT2D eigenvalue weighted by atomic mass is 10.1. The number of rotatable bonds is 1. The average Bonchev–Trinajstić information content (AvgIpc) is 2.08. The Hall–Kier alpha value is -1.14. The van der Waals surface area contributed by atoms with Crippen molar-refractivity contribution in [3.05, 3.63) is 33.8 Å². The van der Waals surface area contributed by atoms with Crippen LogP contribution in [0.25, 0.3) is 0 Å². The van der Waals surface area contributed by atoms with Crippen molar-refractivity contribution in [3.8, 4) is 6.07 Å². The molecule has 0 fully saturated rings. The topological polar surface area (TPSA) is 40.9 Å². The summed E-state index contributed by atoms with van der Waals surface area (Å²) < 4.78 is 0.812. The third kappa shape index (κ3) is 1.72. The van der Waals surface area contributed by atoms with Gasteiger partial charge in [-0.1, -0.05) is 22.0 Å². The maximum atomic E-state index is 11.0. The Morgan fingerprint density at radius 3 is 2.83 bits per heavy atom. The van der Waals surface area contributed by atoms with Gasteiger partial charge in [-0.2, -0.15) is 5.26 Å². The molecule has 0 radical (unpaired) electrons. The molecule has 0 N–H and O–H groups in total. The van der Waals surface area contributed by atoms with Crippen LogP contribution in [0.4, 0.5) is 0 Å². The molecule has 0 saturated heterocycles. The molecule has 3 heteroatoms. The minimum absolute atomic E-state index is 0.465. The lowest BCUT2D eigenvalue weighted by Gasteiger charge is -1.99. The number of ketones is 1. The Balaban J connectivity index is 3.25. The first-order valence-electron chi connectivity index (χ1n) is 3.35. The van der Waals surface area contributed by atoms with Crippen molar-refractivity contribution < 1.29 is 4.79 Å². The first kappa shape index (κ1) is 8.95. The number of nitriles is 1. The van der Waals surface area contributed by atoms with Crippen LogP contribution in [-0.4, -0.2) is 5.78 Å². The molecule has 60 valence electrons. The first-order valence-corrected chi connectivity index (χ1v) is 4.15. The van der Waals surface area contributed by atoms with E-state index in [-0.39, 0.29) is 0 Å². The van der Waals surface area contributed by atoms with Gasteiger partial charge in [-0.25, -0.2) is 0 Å². The van der Waals surface area contributed by atoms with Gasteiger partial charge in [0, 0.05) is 10.0 Å². The second-order valence-corrected chi connectivity index (χ2v) is 3.32. The summed E-state index contributed by atoms with van der Waals surface area (Å²) in [6.07, 6.45) is 0. The van der Waals surface area contributed by atoms with E-state index in [1.165, 1.54) is 0 Å². The van der Waals surface area contributed by atoms with Gasteiger partial charge in [0.2, 0.25) is 0 Å². The highest BCUT2D eigenvalue weighted by Crippen LogP contribution is 2.16. The predicted octanol–water partition coefficient (Wildman–Crippen LogP) is 2.46. The number of hydrogen-bond acceptors (Lipinski definition) is 2. The van der Waals surface area contributed by atoms with Gasteiger partial charge in [0.15, 0.2) is 0 Å². The van der Waals surface area contributed by atoms with Gasteiger partial charge in [-0.3, -0.25) is 4.79 Å². The normalized spacial score (nSPS) is 9.08. The van der Waals surface area contributed by atoms with Crippen LogP contribution in [0.3, 0.4) is 0 Å². The van der Waals surface area contributed by atoms with Gasteiger partial charge in [0.25, 0.3) is 5.78 Å². The summed E-state index contributed by atoms with van der Waals surface area (Å²) >= 11 is 3.23. The van der Waals surface area contributed by atoms with Crippen LogP contribution in [-0.2, 0) is 0 Å². The standard InChI is InChI=1S/C9H6BrNO/c1-6-2-3-7(10)4-8(6)9(12)5-11/h2-4H,1H3. The fourth-order valence-electron chi connectivity index (χ4n) is 0.899. The zero-order chi connectivity index (χ0) is 9.14. The Morgan fingerprint density at radius 1 is 1.58 bits per heavy atom. The minimum Gasteiger partial charge on any atom is -0.277 e. The van der Waals surface area contributed by atoms with Gasteiger partial charge >= 0.3 is 0 Å². The smallest absolute Gasteiger partial charge is 0.262 e. The quantitative estimate of drug-likeness (QED) is 0.543. The van der Waals surface area contributed by atoms with E-state index in [1.54, 1.807) is 25.1 Å². The zero-order valence-corrected chi connectivity index (χ0v) is 8.05. The molecule has 0 aromatic heterocycles. The number of carbonyl (C=O) groups excluding carboxylic acids is 1. The third-order valence-electron chi connectivity index (χ3n) is 1.55. The largest absolute Gasteiger partial charge is 0.277 e. The van der Waals surface area contributed by atoms with Crippen LogP contribution >= 0.6 is 15.9 Å². The highest BCUT2D eigenvalue weighted by atomic mass is 79.9. The zero-order valence-electron chi connectivity index (χ0n) is 6.47. The van der Waals surface area contributed by atoms with E-state index in [2.05, 4.69) is 15.9 Å². The summed E-state index contributed by atoms with van der Waals surface area (Å²) in [4.78, 5) is 11.0. The lowest BCUT2D eigenvalue weighted by Crippen LogP contribution is -1.97. The fraction of sp³-hybridized carbons (Fsp3) is 0.111. The molecule has 2 nitrogen and oxygen atoms in total. The molecule has 0 aliphatic heterocycles. The summed E-state index contributed by atoms with van der Waals surface area (Å²) in [6.45, 7) is 1.80. The van der Waals surface area contributed by atoms with E-state index in [4.69, 9.17) is 5.26 Å². The fourth-order valence-corrected chi connectivity index (χ4v) is 1.26. The Kier molecular flexibility index (Phi) is 2.61. The number of hydrogen-bond donors (Lipinski definition) is 0. The Bertz CT molecular complexity index is 365. The summed E-state index contributed by atoms with van der Waals surface area (Å²) in [6, 6.07) is 6.88. The highest BCUT2D eigenvalue weighted by molar-refractivity contribution is 9.10. The van der Waals surface area contributed by atoms with Crippen LogP contribution in [0.1, 0.15) is 15.9 Å². The number of nitrogens with zero attached hydrogens (tertiary/aromatic N) is 1. The van der Waals surface area contributed by atoms with E-state index in [9.17, 15) is 4.79 Å². The molecule has 0 aliphatic carbocycles. The van der Waals surface area contributed by atoms with Crippen LogP contribution < -0.4 is 0 Å². The monoisotopic (exact) mass is 223 g/mol. The maximum Gasteiger partial charge on any atom is 0.262 e. The third-order valence-corrected chi connectivity index (χ3v) is 2.04. The van der Waals surface area contributed by atoms with Crippen molar-refractivity contribution in [2.75, 3.05) is 0 Å². The van der Waals surface area contributed by atoms with Gasteiger partial charge in [0.05, 0.1) is 0 Å². The molecule has 0 saturated carbocycles. The summed E-state index contributed by atoms with van der Waals surface area (Å²) in [7, 11) is 0. The van der Waals surface area contributed by atoms with Crippen molar-refractivity contribution in [3.63, 3.8) is 0 Å². The van der Waals surface area contributed by atoms with Crippen molar-refractivity contribution in [2.24, 2.45) is 0 Å². The lowest BCUT2D eigenvalue weighted by molar-refractivity contribution is 0.105. The van der Waals surface area contributed by atoms with E-state index < -0.39 is 5.78 Å². The van der Waals surface area contributed by atoms with Gasteiger partial charge in [-0.15, -0.1) is 0 Å². The van der Waals surface area contributed by atoms with Crippen molar-refractivity contribution >= 4 is 21.7 Å². The summed E-state index contributed by atoms with van der Waals surface area (Å²) in [5, 5.41) is 8.39. The molecule has 1 aromatic rings. The second kappa shape index (κ2) is 3.51. The molecule has 0 spiro atoms. The van der Waals surface area contributed by atoms with E-state index in [0.29, 0.717) is 5.56 Å². The number of benzene rings is 1. The number of carbonyl (C=O) groups is 1.